The smallest absolute Gasteiger partial charge is 0.404 e. The van der Waals surface area contributed by atoms with Crippen molar-refractivity contribution >= 4 is 5.97 Å². The number of carboxylic acid groups (broad SMARTS) is 1. The van der Waals surface area contributed by atoms with Crippen molar-refractivity contribution in [2.24, 2.45) is 0 Å². The summed E-state index contributed by atoms with van der Waals surface area (Å²) in [7, 11) is 0. The van der Waals surface area contributed by atoms with Gasteiger partial charge in [0.15, 0.2) is 0 Å². The predicted octanol–water partition coefficient (Wildman–Crippen LogP) is 1.03. The van der Waals surface area contributed by atoms with Crippen molar-refractivity contribution in [2.45, 2.75) is 25.6 Å². The molecule has 0 aromatic rings. The second kappa shape index (κ2) is 5.68. The number of carboxylic acids is 1. The quantitative estimate of drug-likeness (QED) is 0.813. The minimum Gasteiger partial charge on any atom is -0.481 e. The Bertz CT molecular complexity index is 263. The van der Waals surface area contributed by atoms with Crippen molar-refractivity contribution in [1.29, 1.82) is 0 Å². The average molecular weight is 254 g/mol. The van der Waals surface area contributed by atoms with E-state index in [1.165, 1.54) is 4.90 Å². The lowest BCUT2D eigenvalue weighted by Gasteiger charge is -2.39. The van der Waals surface area contributed by atoms with Crippen LogP contribution in [-0.2, 0) is 4.79 Å². The van der Waals surface area contributed by atoms with Crippen LogP contribution < -0.4 is 0 Å². The van der Waals surface area contributed by atoms with E-state index >= 15 is 0 Å². The van der Waals surface area contributed by atoms with E-state index in [4.69, 9.17) is 5.11 Å². The van der Waals surface area contributed by atoms with E-state index < -0.39 is 24.6 Å². The van der Waals surface area contributed by atoms with Crippen LogP contribution in [0.2, 0.25) is 0 Å². The number of rotatable bonds is 4. The average Bonchev–Trinajstić information content (AvgIpc) is 2.24. The zero-order valence-corrected chi connectivity index (χ0v) is 9.70. The van der Waals surface area contributed by atoms with Crippen LogP contribution in [0, 0.1) is 0 Å². The third-order valence-corrected chi connectivity index (χ3v) is 3.04. The van der Waals surface area contributed by atoms with E-state index in [0.717, 1.165) is 6.54 Å². The molecule has 0 aromatic heterocycles. The highest BCUT2D eigenvalue weighted by molar-refractivity contribution is 5.67. The Kier molecular flexibility index (Phi) is 4.76. The summed E-state index contributed by atoms with van der Waals surface area (Å²) >= 11 is 0. The molecule has 1 aliphatic rings. The van der Waals surface area contributed by atoms with Gasteiger partial charge in [-0.25, -0.2) is 0 Å². The Morgan fingerprint density at radius 1 is 1.29 bits per heavy atom. The van der Waals surface area contributed by atoms with E-state index in [1.54, 1.807) is 0 Å². The molecule has 17 heavy (non-hydrogen) atoms. The summed E-state index contributed by atoms with van der Waals surface area (Å²) in [5.41, 5.74) is 0. The van der Waals surface area contributed by atoms with Gasteiger partial charge in [-0.1, -0.05) is 6.92 Å². The first kappa shape index (κ1) is 14.2. The first-order valence-electron chi connectivity index (χ1n) is 5.59. The number of halogens is 3. The maximum absolute atomic E-state index is 12.7. The highest BCUT2D eigenvalue weighted by atomic mass is 19.4. The van der Waals surface area contributed by atoms with Gasteiger partial charge in [0.2, 0.25) is 0 Å². The van der Waals surface area contributed by atoms with Crippen LogP contribution in [0.3, 0.4) is 0 Å². The van der Waals surface area contributed by atoms with Gasteiger partial charge in [-0.05, 0) is 6.54 Å². The fourth-order valence-electron chi connectivity index (χ4n) is 2.01. The SMILES string of the molecule is CCN1CCN(C(CC(=O)O)C(F)(F)F)CC1. The minimum absolute atomic E-state index is 0.269. The number of hydrogen-bond donors (Lipinski definition) is 1. The van der Waals surface area contributed by atoms with Gasteiger partial charge in [0, 0.05) is 26.2 Å². The van der Waals surface area contributed by atoms with Crippen LogP contribution in [0.4, 0.5) is 13.2 Å². The monoisotopic (exact) mass is 254 g/mol. The maximum atomic E-state index is 12.7. The number of hydrogen-bond acceptors (Lipinski definition) is 3. The molecule has 1 rings (SSSR count). The van der Waals surface area contributed by atoms with Crippen LogP contribution in [0.15, 0.2) is 0 Å². The van der Waals surface area contributed by atoms with Gasteiger partial charge in [0.25, 0.3) is 0 Å². The molecule has 7 heteroatoms. The molecule has 1 heterocycles. The molecular weight excluding hydrogens is 237 g/mol. The fourth-order valence-corrected chi connectivity index (χ4v) is 2.01. The van der Waals surface area contributed by atoms with Crippen LogP contribution >= 0.6 is 0 Å². The third-order valence-electron chi connectivity index (χ3n) is 3.04. The Morgan fingerprint density at radius 2 is 1.82 bits per heavy atom. The molecular formula is C10H17F3N2O2. The number of carbonyl (C=O) groups is 1. The van der Waals surface area contributed by atoms with Crippen molar-refractivity contribution in [3.8, 4) is 0 Å². The largest absolute Gasteiger partial charge is 0.481 e. The fraction of sp³-hybridized carbons (Fsp3) is 0.900. The molecule has 1 saturated heterocycles. The molecule has 1 N–H and O–H groups in total. The minimum atomic E-state index is -4.48. The van der Waals surface area contributed by atoms with Crippen molar-refractivity contribution in [1.82, 2.24) is 9.80 Å². The molecule has 0 radical (unpaired) electrons. The van der Waals surface area contributed by atoms with Gasteiger partial charge in [0.1, 0.15) is 6.04 Å². The standard InChI is InChI=1S/C10H17F3N2O2/c1-2-14-3-5-15(6-4-14)8(7-9(16)17)10(11,12)13/h8H,2-7H2,1H3,(H,16,17). The summed E-state index contributed by atoms with van der Waals surface area (Å²) < 4.78 is 38.2. The summed E-state index contributed by atoms with van der Waals surface area (Å²) in [5, 5.41) is 8.54. The summed E-state index contributed by atoms with van der Waals surface area (Å²) in [6.07, 6.45) is -5.36. The number of piperazine rings is 1. The number of likely N-dealkylation sites (N-methyl/N-ethyl adjacent to an activating group) is 1. The molecule has 0 spiro atoms. The van der Waals surface area contributed by atoms with Crippen LogP contribution in [0.5, 0.6) is 0 Å². The Morgan fingerprint density at radius 3 is 2.18 bits per heavy atom. The molecule has 0 amide bonds. The van der Waals surface area contributed by atoms with E-state index in [2.05, 4.69) is 0 Å². The maximum Gasteiger partial charge on any atom is 0.404 e. The molecule has 0 bridgehead atoms. The molecule has 0 aliphatic carbocycles. The lowest BCUT2D eigenvalue weighted by molar-refractivity contribution is -0.194. The van der Waals surface area contributed by atoms with Crippen LogP contribution in [0.25, 0.3) is 0 Å². The first-order valence-corrected chi connectivity index (χ1v) is 5.59. The zero-order valence-electron chi connectivity index (χ0n) is 9.70. The van der Waals surface area contributed by atoms with Crippen molar-refractivity contribution < 1.29 is 23.1 Å². The van der Waals surface area contributed by atoms with Gasteiger partial charge in [0.05, 0.1) is 6.42 Å². The lowest BCUT2D eigenvalue weighted by Crippen LogP contribution is -2.55. The lowest BCUT2D eigenvalue weighted by atomic mass is 10.1. The van der Waals surface area contributed by atoms with Crippen LogP contribution in [0.1, 0.15) is 13.3 Å². The van der Waals surface area contributed by atoms with Crippen LogP contribution in [-0.4, -0.2) is 65.8 Å². The topological polar surface area (TPSA) is 43.8 Å². The molecule has 0 aromatic carbocycles. The third kappa shape index (κ3) is 4.16. The second-order valence-electron chi connectivity index (χ2n) is 4.13. The molecule has 100 valence electrons. The Hall–Kier alpha value is -0.820. The normalized spacial score (nSPS) is 21.4. The molecule has 0 saturated carbocycles. The van der Waals surface area contributed by atoms with E-state index in [-0.39, 0.29) is 13.1 Å². The van der Waals surface area contributed by atoms with Gasteiger partial charge < -0.3 is 10.0 Å². The summed E-state index contributed by atoms with van der Waals surface area (Å²) in [6.45, 7) is 4.42. The van der Waals surface area contributed by atoms with Crippen molar-refractivity contribution in [3.05, 3.63) is 0 Å². The van der Waals surface area contributed by atoms with Crippen molar-refractivity contribution in [3.63, 3.8) is 0 Å². The van der Waals surface area contributed by atoms with Gasteiger partial charge >= 0.3 is 12.1 Å². The highest BCUT2D eigenvalue weighted by Crippen LogP contribution is 2.28. The number of nitrogens with zero attached hydrogens (tertiary/aromatic N) is 2. The second-order valence-corrected chi connectivity index (χ2v) is 4.13. The molecule has 1 fully saturated rings. The molecule has 4 nitrogen and oxygen atoms in total. The number of alkyl halides is 3. The predicted molar refractivity (Wildman–Crippen MR) is 55.8 cm³/mol. The zero-order chi connectivity index (χ0) is 13.1. The summed E-state index contributed by atoms with van der Waals surface area (Å²) in [6, 6.07) is -1.86. The summed E-state index contributed by atoms with van der Waals surface area (Å²) in [5.74, 6) is -1.41. The van der Waals surface area contributed by atoms with E-state index in [9.17, 15) is 18.0 Å². The molecule has 1 unspecified atom stereocenters. The van der Waals surface area contributed by atoms with E-state index in [0.29, 0.717) is 13.1 Å². The Labute approximate surface area is 98.0 Å². The number of aliphatic carboxylic acids is 1. The molecule has 1 aliphatic heterocycles. The van der Waals surface area contributed by atoms with E-state index in [1.807, 2.05) is 11.8 Å². The first-order chi connectivity index (χ1) is 7.84. The summed E-state index contributed by atoms with van der Waals surface area (Å²) in [4.78, 5) is 13.8. The highest BCUT2D eigenvalue weighted by Gasteiger charge is 2.45. The van der Waals surface area contributed by atoms with Gasteiger partial charge in [-0.15, -0.1) is 0 Å². The Balaban J connectivity index is 2.62. The van der Waals surface area contributed by atoms with Gasteiger partial charge in [-0.2, -0.15) is 13.2 Å². The molecule has 1 atom stereocenters. The van der Waals surface area contributed by atoms with Gasteiger partial charge in [-0.3, -0.25) is 9.69 Å². The van der Waals surface area contributed by atoms with Crippen molar-refractivity contribution in [2.75, 3.05) is 32.7 Å².